The fraction of sp³-hybridized carbons (Fsp3) is 0.385. The molecule has 1 aliphatic rings. The summed E-state index contributed by atoms with van der Waals surface area (Å²) >= 11 is 0. The van der Waals surface area contributed by atoms with Crippen LogP contribution in [0.15, 0.2) is 30.6 Å². The highest BCUT2D eigenvalue weighted by Gasteiger charge is 2.17. The zero-order valence-corrected chi connectivity index (χ0v) is 11.0. The number of amides is 1. The summed E-state index contributed by atoms with van der Waals surface area (Å²) in [4.78, 5) is 11.9. The molecule has 3 rings (SSSR count). The lowest BCUT2D eigenvalue weighted by Gasteiger charge is -2.09. The van der Waals surface area contributed by atoms with Crippen molar-refractivity contribution in [3.05, 3.63) is 30.6 Å². The van der Waals surface area contributed by atoms with Crippen molar-refractivity contribution in [2.75, 3.05) is 18.4 Å². The summed E-state index contributed by atoms with van der Waals surface area (Å²) in [5.74, 6) is 0.518. The van der Waals surface area contributed by atoms with Gasteiger partial charge in [0.15, 0.2) is 0 Å². The molecule has 1 aliphatic heterocycles. The lowest BCUT2D eigenvalue weighted by Crippen LogP contribution is -2.18. The van der Waals surface area contributed by atoms with Crippen molar-refractivity contribution in [1.29, 1.82) is 0 Å². The molecule has 2 heterocycles. The number of carbonyl (C=O) groups excluding carboxylic acids is 1. The maximum atomic E-state index is 11.9. The number of hydrogen-bond donors (Lipinski definition) is 2. The van der Waals surface area contributed by atoms with Crippen molar-refractivity contribution in [2.45, 2.75) is 12.8 Å². The molecule has 0 bridgehead atoms. The Bertz CT molecular complexity index is 559. The molecule has 1 unspecified atom stereocenters. The summed E-state index contributed by atoms with van der Waals surface area (Å²) in [5.41, 5.74) is 1.64. The van der Waals surface area contributed by atoms with Crippen LogP contribution in [0.5, 0.6) is 0 Å². The molecule has 2 aromatic rings. The lowest BCUT2D eigenvalue weighted by atomic mass is 10.0. The number of benzene rings is 1. The van der Waals surface area contributed by atoms with Crippen LogP contribution >= 0.6 is 0 Å². The fourth-order valence-corrected chi connectivity index (χ4v) is 2.34. The molecule has 1 fully saturated rings. The number of carbonyl (C=O) groups is 1. The summed E-state index contributed by atoms with van der Waals surface area (Å²) in [7, 11) is 0. The van der Waals surface area contributed by atoms with Gasteiger partial charge in [-0.2, -0.15) is 0 Å². The van der Waals surface area contributed by atoms with E-state index in [4.69, 9.17) is 0 Å². The second-order valence-corrected chi connectivity index (χ2v) is 4.91. The molecule has 104 valence electrons. The summed E-state index contributed by atoms with van der Waals surface area (Å²) in [6, 6.07) is 7.43. The highest BCUT2D eigenvalue weighted by molar-refractivity contribution is 5.90. The monoisotopic (exact) mass is 272 g/mol. The van der Waals surface area contributed by atoms with E-state index in [1.54, 1.807) is 4.68 Å². The zero-order valence-electron chi connectivity index (χ0n) is 11.0. The van der Waals surface area contributed by atoms with Crippen LogP contribution in [0, 0.1) is 5.92 Å². The smallest absolute Gasteiger partial charge is 0.224 e. The molecule has 1 saturated heterocycles. The normalized spacial score (nSPS) is 18.1. The standard InChI is InChI=1S/C13H16N6O/c20-13(7-10-5-6-14-8-10)16-11-1-3-12(4-2-11)19-9-15-17-18-19/h1-4,9-10,14H,5-8H2,(H,16,20). The molecule has 7 heteroatoms. The summed E-state index contributed by atoms with van der Waals surface area (Å²) < 4.78 is 1.57. The van der Waals surface area contributed by atoms with Gasteiger partial charge in [0, 0.05) is 12.1 Å². The first-order valence-corrected chi connectivity index (χ1v) is 6.65. The van der Waals surface area contributed by atoms with Gasteiger partial charge < -0.3 is 10.6 Å². The van der Waals surface area contributed by atoms with Gasteiger partial charge in [0.1, 0.15) is 6.33 Å². The van der Waals surface area contributed by atoms with Crippen LogP contribution in [-0.2, 0) is 4.79 Å². The number of rotatable bonds is 4. The Balaban J connectivity index is 1.59. The van der Waals surface area contributed by atoms with Crippen LogP contribution in [0.3, 0.4) is 0 Å². The fourth-order valence-electron chi connectivity index (χ4n) is 2.34. The molecule has 0 aliphatic carbocycles. The van der Waals surface area contributed by atoms with E-state index >= 15 is 0 Å². The van der Waals surface area contributed by atoms with E-state index < -0.39 is 0 Å². The average molecular weight is 272 g/mol. The molecule has 0 spiro atoms. The van der Waals surface area contributed by atoms with E-state index in [1.807, 2.05) is 24.3 Å². The molecule has 7 nitrogen and oxygen atoms in total. The van der Waals surface area contributed by atoms with Crippen LogP contribution in [0.2, 0.25) is 0 Å². The Morgan fingerprint density at radius 2 is 2.25 bits per heavy atom. The van der Waals surface area contributed by atoms with E-state index in [-0.39, 0.29) is 5.91 Å². The molecule has 1 atom stereocenters. The summed E-state index contributed by atoms with van der Waals surface area (Å²) in [6.07, 6.45) is 3.17. The minimum atomic E-state index is 0.0638. The van der Waals surface area contributed by atoms with Crippen molar-refractivity contribution in [3.8, 4) is 5.69 Å². The van der Waals surface area contributed by atoms with E-state index in [9.17, 15) is 4.79 Å². The number of nitrogens with zero attached hydrogens (tertiary/aromatic N) is 4. The molecule has 0 saturated carbocycles. The van der Waals surface area contributed by atoms with Crippen molar-refractivity contribution < 1.29 is 4.79 Å². The van der Waals surface area contributed by atoms with Gasteiger partial charge in [-0.05, 0) is 60.1 Å². The van der Waals surface area contributed by atoms with Gasteiger partial charge in [-0.25, -0.2) is 4.68 Å². The Labute approximate surface area is 116 Å². The molecule has 0 radical (unpaired) electrons. The first-order valence-electron chi connectivity index (χ1n) is 6.65. The van der Waals surface area contributed by atoms with Crippen LogP contribution in [0.4, 0.5) is 5.69 Å². The Hall–Kier alpha value is -2.28. The van der Waals surface area contributed by atoms with Crippen LogP contribution in [-0.4, -0.2) is 39.2 Å². The highest BCUT2D eigenvalue weighted by atomic mass is 16.1. The van der Waals surface area contributed by atoms with Gasteiger partial charge in [-0.15, -0.1) is 5.10 Å². The predicted molar refractivity (Wildman–Crippen MR) is 73.4 cm³/mol. The van der Waals surface area contributed by atoms with E-state index in [0.29, 0.717) is 12.3 Å². The Morgan fingerprint density at radius 3 is 2.90 bits per heavy atom. The zero-order chi connectivity index (χ0) is 13.8. The lowest BCUT2D eigenvalue weighted by molar-refractivity contribution is -0.116. The maximum Gasteiger partial charge on any atom is 0.224 e. The van der Waals surface area contributed by atoms with Gasteiger partial charge in [0.2, 0.25) is 5.91 Å². The van der Waals surface area contributed by atoms with Gasteiger partial charge in [0.25, 0.3) is 0 Å². The van der Waals surface area contributed by atoms with Crippen molar-refractivity contribution in [2.24, 2.45) is 5.92 Å². The topological polar surface area (TPSA) is 84.7 Å². The largest absolute Gasteiger partial charge is 0.326 e. The average Bonchev–Trinajstić information content (AvgIpc) is 3.12. The molecule has 2 N–H and O–H groups in total. The minimum Gasteiger partial charge on any atom is -0.326 e. The van der Waals surface area contributed by atoms with Crippen molar-refractivity contribution >= 4 is 11.6 Å². The number of anilines is 1. The molecule has 1 aromatic carbocycles. The summed E-state index contributed by atoms with van der Waals surface area (Å²) in [6.45, 7) is 1.95. The van der Waals surface area contributed by atoms with Gasteiger partial charge in [-0.3, -0.25) is 4.79 Å². The van der Waals surface area contributed by atoms with Gasteiger partial charge in [0.05, 0.1) is 5.69 Å². The third-order valence-corrected chi connectivity index (χ3v) is 3.40. The van der Waals surface area contributed by atoms with Crippen molar-refractivity contribution in [3.63, 3.8) is 0 Å². The van der Waals surface area contributed by atoms with E-state index in [0.717, 1.165) is 30.9 Å². The Morgan fingerprint density at radius 1 is 1.40 bits per heavy atom. The third kappa shape index (κ3) is 3.00. The number of nitrogens with one attached hydrogen (secondary N) is 2. The second kappa shape index (κ2) is 5.79. The molecular formula is C13H16N6O. The first-order chi connectivity index (χ1) is 9.81. The van der Waals surface area contributed by atoms with Gasteiger partial charge in [-0.1, -0.05) is 0 Å². The quantitative estimate of drug-likeness (QED) is 0.851. The number of tetrazole rings is 1. The third-order valence-electron chi connectivity index (χ3n) is 3.40. The number of hydrogen-bond acceptors (Lipinski definition) is 5. The van der Waals surface area contributed by atoms with Crippen LogP contribution < -0.4 is 10.6 Å². The van der Waals surface area contributed by atoms with Gasteiger partial charge >= 0.3 is 0 Å². The Kier molecular flexibility index (Phi) is 3.69. The summed E-state index contributed by atoms with van der Waals surface area (Å²) in [5, 5.41) is 17.2. The van der Waals surface area contributed by atoms with Crippen molar-refractivity contribution in [1.82, 2.24) is 25.5 Å². The first kappa shape index (κ1) is 12.7. The molecular weight excluding hydrogens is 256 g/mol. The SMILES string of the molecule is O=C(CC1CCNC1)Nc1ccc(-n2cnnn2)cc1. The highest BCUT2D eigenvalue weighted by Crippen LogP contribution is 2.15. The predicted octanol–water partition coefficient (Wildman–Crippen LogP) is 0.600. The molecule has 1 amide bonds. The van der Waals surface area contributed by atoms with E-state index in [1.165, 1.54) is 6.33 Å². The second-order valence-electron chi connectivity index (χ2n) is 4.91. The molecule has 1 aromatic heterocycles. The van der Waals surface area contributed by atoms with Crippen LogP contribution in [0.1, 0.15) is 12.8 Å². The minimum absolute atomic E-state index is 0.0638. The maximum absolute atomic E-state index is 11.9. The number of aromatic nitrogens is 4. The molecule has 20 heavy (non-hydrogen) atoms. The van der Waals surface area contributed by atoms with E-state index in [2.05, 4.69) is 26.2 Å². The van der Waals surface area contributed by atoms with Crippen LogP contribution in [0.25, 0.3) is 5.69 Å².